The topological polar surface area (TPSA) is 106 Å². The van der Waals surface area contributed by atoms with Crippen molar-refractivity contribution in [1.29, 1.82) is 0 Å². The summed E-state index contributed by atoms with van der Waals surface area (Å²) in [5.74, 6) is -0.0416. The molecule has 7 nitrogen and oxygen atoms in total. The van der Waals surface area contributed by atoms with Crippen molar-refractivity contribution < 1.29 is 27.5 Å². The van der Waals surface area contributed by atoms with Crippen LogP contribution in [0.25, 0.3) is 0 Å². The lowest BCUT2D eigenvalue weighted by Gasteiger charge is -2.15. The van der Waals surface area contributed by atoms with Crippen molar-refractivity contribution in [2.24, 2.45) is 0 Å². The molecule has 0 aliphatic carbocycles. The quantitative estimate of drug-likeness (QED) is 0.837. The molecule has 0 unspecified atom stereocenters. The summed E-state index contributed by atoms with van der Waals surface area (Å²) in [6.07, 6.45) is 0. The highest BCUT2D eigenvalue weighted by molar-refractivity contribution is 7.89. The third-order valence-electron chi connectivity index (χ3n) is 3.22. The summed E-state index contributed by atoms with van der Waals surface area (Å²) in [6.45, 7) is 3.38. The van der Waals surface area contributed by atoms with Gasteiger partial charge in [-0.05, 0) is 44.2 Å². The predicted molar refractivity (Wildman–Crippen MR) is 82.1 cm³/mol. The van der Waals surface area contributed by atoms with Crippen LogP contribution >= 0.6 is 0 Å². The zero-order valence-corrected chi connectivity index (χ0v) is 13.7. The van der Waals surface area contributed by atoms with Crippen LogP contribution in [0, 0.1) is 6.92 Å². The second-order valence-electron chi connectivity index (χ2n) is 4.96. The molecule has 124 valence electrons. The highest BCUT2D eigenvalue weighted by Crippen LogP contribution is 2.27. The van der Waals surface area contributed by atoms with Crippen LogP contribution in [-0.2, 0) is 10.0 Å². The lowest BCUT2D eigenvalue weighted by atomic mass is 10.2. The molecule has 0 saturated heterocycles. The molecule has 0 bridgehead atoms. The molecule has 0 fully saturated rings. The molecule has 1 heterocycles. The van der Waals surface area contributed by atoms with Crippen molar-refractivity contribution in [2.75, 3.05) is 7.11 Å². The minimum atomic E-state index is -4.00. The van der Waals surface area contributed by atoms with Gasteiger partial charge in [-0.2, -0.15) is 0 Å². The Kier molecular flexibility index (Phi) is 4.76. The summed E-state index contributed by atoms with van der Waals surface area (Å²) >= 11 is 0. The Morgan fingerprint density at radius 2 is 2.00 bits per heavy atom. The Bertz CT molecular complexity index is 824. The first-order valence-corrected chi connectivity index (χ1v) is 8.23. The first-order chi connectivity index (χ1) is 10.7. The van der Waals surface area contributed by atoms with Gasteiger partial charge in [0.25, 0.3) is 0 Å². The molecule has 2 rings (SSSR count). The number of methoxy groups -OCH3 is 1. The Balaban J connectivity index is 2.38. The van der Waals surface area contributed by atoms with E-state index in [-0.39, 0.29) is 16.2 Å². The number of furan rings is 1. The van der Waals surface area contributed by atoms with Crippen molar-refractivity contribution in [2.45, 2.75) is 24.8 Å². The van der Waals surface area contributed by atoms with Gasteiger partial charge in [0.2, 0.25) is 10.0 Å². The fourth-order valence-corrected chi connectivity index (χ4v) is 3.47. The van der Waals surface area contributed by atoms with E-state index in [2.05, 4.69) is 4.72 Å². The zero-order chi connectivity index (χ0) is 17.2. The number of carboxylic acid groups (broad SMARTS) is 1. The van der Waals surface area contributed by atoms with Gasteiger partial charge in [-0.3, -0.25) is 0 Å². The number of ether oxygens (including phenoxy) is 1. The van der Waals surface area contributed by atoms with E-state index < -0.39 is 22.0 Å². The van der Waals surface area contributed by atoms with E-state index in [1.54, 1.807) is 26.0 Å². The molecular formula is C15H17NO6S. The third kappa shape index (κ3) is 3.72. The van der Waals surface area contributed by atoms with Gasteiger partial charge in [0.15, 0.2) is 0 Å². The van der Waals surface area contributed by atoms with Gasteiger partial charge >= 0.3 is 5.97 Å². The average Bonchev–Trinajstić information content (AvgIpc) is 2.92. The maximum Gasteiger partial charge on any atom is 0.335 e. The standard InChI is InChI=1S/C15H17NO6S/c1-9-4-6-12(22-9)10(2)16-23(19,20)14-8-11(15(17)18)5-7-13(14)21-3/h4-8,10,16H,1-3H3,(H,17,18)/t10-/m0/s1. The molecule has 0 radical (unpaired) electrons. The summed E-state index contributed by atoms with van der Waals surface area (Å²) in [6, 6.07) is 6.43. The number of rotatable bonds is 6. The summed E-state index contributed by atoms with van der Waals surface area (Å²) in [7, 11) is -2.68. The number of sulfonamides is 1. The fourth-order valence-electron chi connectivity index (χ4n) is 2.06. The van der Waals surface area contributed by atoms with Crippen LogP contribution < -0.4 is 9.46 Å². The van der Waals surface area contributed by atoms with Gasteiger partial charge in [0, 0.05) is 0 Å². The Morgan fingerprint density at radius 1 is 1.30 bits per heavy atom. The van der Waals surface area contributed by atoms with Crippen molar-refractivity contribution in [3.8, 4) is 5.75 Å². The second-order valence-corrected chi connectivity index (χ2v) is 6.64. The second kappa shape index (κ2) is 6.43. The molecule has 1 atom stereocenters. The summed E-state index contributed by atoms with van der Waals surface area (Å²) in [4.78, 5) is 10.8. The lowest BCUT2D eigenvalue weighted by Crippen LogP contribution is -2.27. The molecular weight excluding hydrogens is 322 g/mol. The maximum absolute atomic E-state index is 12.6. The van der Waals surface area contributed by atoms with Gasteiger partial charge in [-0.15, -0.1) is 0 Å². The summed E-state index contributed by atoms with van der Waals surface area (Å²) in [5, 5.41) is 9.03. The molecule has 2 aromatic rings. The van der Waals surface area contributed by atoms with Crippen LogP contribution in [0.3, 0.4) is 0 Å². The SMILES string of the molecule is COc1ccc(C(=O)O)cc1S(=O)(=O)N[C@@H](C)c1ccc(C)o1. The van der Waals surface area contributed by atoms with Crippen LogP contribution in [0.15, 0.2) is 39.6 Å². The van der Waals surface area contributed by atoms with Gasteiger partial charge in [0.1, 0.15) is 22.2 Å². The number of hydrogen-bond donors (Lipinski definition) is 2. The van der Waals surface area contributed by atoms with Crippen molar-refractivity contribution >= 4 is 16.0 Å². The zero-order valence-electron chi connectivity index (χ0n) is 12.9. The van der Waals surface area contributed by atoms with E-state index in [1.165, 1.54) is 19.2 Å². The molecule has 2 N–H and O–H groups in total. The largest absolute Gasteiger partial charge is 0.495 e. The first-order valence-electron chi connectivity index (χ1n) is 6.74. The minimum Gasteiger partial charge on any atom is -0.495 e. The number of carbonyl (C=O) groups is 1. The highest BCUT2D eigenvalue weighted by atomic mass is 32.2. The van der Waals surface area contributed by atoms with E-state index in [0.29, 0.717) is 11.5 Å². The number of carboxylic acids is 1. The van der Waals surface area contributed by atoms with Crippen molar-refractivity contribution in [3.05, 3.63) is 47.4 Å². The Labute approximate surface area is 133 Å². The van der Waals surface area contributed by atoms with Crippen LogP contribution in [-0.4, -0.2) is 26.6 Å². The Hall–Kier alpha value is -2.32. The van der Waals surface area contributed by atoms with Gasteiger partial charge < -0.3 is 14.3 Å². The van der Waals surface area contributed by atoms with Crippen LogP contribution in [0.4, 0.5) is 0 Å². The van der Waals surface area contributed by atoms with Crippen molar-refractivity contribution in [1.82, 2.24) is 4.72 Å². The van der Waals surface area contributed by atoms with Crippen molar-refractivity contribution in [3.63, 3.8) is 0 Å². The van der Waals surface area contributed by atoms with Gasteiger partial charge in [0.05, 0.1) is 18.7 Å². The number of aryl methyl sites for hydroxylation is 1. The van der Waals surface area contributed by atoms with Gasteiger partial charge in [-0.25, -0.2) is 17.9 Å². The number of aromatic carboxylic acids is 1. The Morgan fingerprint density at radius 3 is 2.52 bits per heavy atom. The molecule has 0 saturated carbocycles. The van der Waals surface area contributed by atoms with Crippen LogP contribution in [0.1, 0.15) is 34.8 Å². The monoisotopic (exact) mass is 339 g/mol. The smallest absolute Gasteiger partial charge is 0.335 e. The third-order valence-corrected chi connectivity index (χ3v) is 4.78. The molecule has 1 aromatic heterocycles. The molecule has 0 spiro atoms. The fraction of sp³-hybridized carbons (Fsp3) is 0.267. The number of benzene rings is 1. The molecule has 0 amide bonds. The normalized spacial score (nSPS) is 12.8. The van der Waals surface area contributed by atoms with E-state index in [1.807, 2.05) is 0 Å². The molecule has 8 heteroatoms. The predicted octanol–water partition coefficient (Wildman–Crippen LogP) is 2.33. The molecule has 1 aromatic carbocycles. The minimum absolute atomic E-state index is 0.0605. The molecule has 23 heavy (non-hydrogen) atoms. The van der Waals surface area contributed by atoms with Gasteiger partial charge in [-0.1, -0.05) is 0 Å². The molecule has 0 aliphatic heterocycles. The van der Waals surface area contributed by atoms with E-state index in [4.69, 9.17) is 14.3 Å². The average molecular weight is 339 g/mol. The first kappa shape index (κ1) is 17.0. The van der Waals surface area contributed by atoms with Crippen LogP contribution in [0.5, 0.6) is 5.75 Å². The molecule has 0 aliphatic rings. The number of hydrogen-bond acceptors (Lipinski definition) is 5. The van der Waals surface area contributed by atoms with E-state index >= 15 is 0 Å². The maximum atomic E-state index is 12.6. The summed E-state index contributed by atoms with van der Waals surface area (Å²) in [5.41, 5.74) is -0.146. The summed E-state index contributed by atoms with van der Waals surface area (Å²) < 4.78 is 38.0. The lowest BCUT2D eigenvalue weighted by molar-refractivity contribution is 0.0696. The number of nitrogens with one attached hydrogen (secondary N) is 1. The van der Waals surface area contributed by atoms with Crippen LogP contribution in [0.2, 0.25) is 0 Å². The highest BCUT2D eigenvalue weighted by Gasteiger charge is 2.25. The van der Waals surface area contributed by atoms with E-state index in [9.17, 15) is 13.2 Å². The van der Waals surface area contributed by atoms with E-state index in [0.717, 1.165) is 6.07 Å².